The zero-order valence-electron chi connectivity index (χ0n) is 17.2. The summed E-state index contributed by atoms with van der Waals surface area (Å²) in [5, 5.41) is 21.4. The van der Waals surface area contributed by atoms with Crippen molar-refractivity contribution < 1.29 is 19.7 Å². The van der Waals surface area contributed by atoms with Crippen molar-refractivity contribution in [1.82, 2.24) is 0 Å². The van der Waals surface area contributed by atoms with Crippen molar-refractivity contribution in [3.63, 3.8) is 0 Å². The van der Waals surface area contributed by atoms with Crippen LogP contribution >= 0.6 is 0 Å². The Morgan fingerprint density at radius 2 is 1.83 bits per heavy atom. The summed E-state index contributed by atoms with van der Waals surface area (Å²) in [4.78, 5) is 12.8. The number of Topliss-reactive ketones (excluding diaryl/α,β-unsaturated/α-hetero) is 1. The largest absolute Gasteiger partial charge is 0.454 e. The average molecular weight is 392 g/mol. The minimum Gasteiger partial charge on any atom is -0.454 e. The third-order valence-corrected chi connectivity index (χ3v) is 5.16. The van der Waals surface area contributed by atoms with Crippen molar-refractivity contribution in [2.24, 2.45) is 0 Å². The minimum atomic E-state index is -2.09. The Bertz CT molecular complexity index is 939. The van der Waals surface area contributed by atoms with Crippen LogP contribution in [0.2, 0.25) is 0 Å². The Labute approximate surface area is 172 Å². The number of fused-ring (bicyclic) bond motifs is 1. The maximum absolute atomic E-state index is 12.8. The highest BCUT2D eigenvalue weighted by Gasteiger charge is 2.49. The third-order valence-electron chi connectivity index (χ3n) is 5.16. The normalized spacial score (nSPS) is 21.3. The minimum absolute atomic E-state index is 0.277. The number of benzene rings is 2. The Balaban J connectivity index is 1.79. The molecule has 0 aromatic heterocycles. The smallest absolute Gasteiger partial charge is 0.268 e. The van der Waals surface area contributed by atoms with Gasteiger partial charge in [-0.15, -0.1) is 0 Å². The maximum atomic E-state index is 12.8. The first kappa shape index (κ1) is 21.0. The molecule has 152 valence electrons. The van der Waals surface area contributed by atoms with Crippen LogP contribution in [0.25, 0.3) is 0 Å². The fourth-order valence-electron chi connectivity index (χ4n) is 3.41. The number of aliphatic hydroxyl groups excluding tert-OH is 1. The lowest BCUT2D eigenvalue weighted by Crippen LogP contribution is -2.52. The highest BCUT2D eigenvalue weighted by molar-refractivity contribution is 6.03. The van der Waals surface area contributed by atoms with Crippen LogP contribution in [0, 0.1) is 0 Å². The first-order chi connectivity index (χ1) is 13.8. The molecule has 1 heterocycles. The number of hydrogen-bond donors (Lipinski definition) is 2. The molecular weight excluding hydrogens is 364 g/mol. The van der Waals surface area contributed by atoms with Crippen molar-refractivity contribution in [3.8, 4) is 5.75 Å². The van der Waals surface area contributed by atoms with Crippen LogP contribution in [0.5, 0.6) is 5.75 Å². The number of carbonyl (C=O) groups is 1. The molecule has 2 N–H and O–H groups in total. The Kier molecular flexibility index (Phi) is 6.36. The average Bonchev–Trinajstić information content (AvgIpc) is 2.71. The van der Waals surface area contributed by atoms with Crippen LogP contribution in [-0.4, -0.2) is 22.1 Å². The molecule has 0 saturated carbocycles. The van der Waals surface area contributed by atoms with Crippen LogP contribution in [0.3, 0.4) is 0 Å². The van der Waals surface area contributed by atoms with Crippen LogP contribution in [0.1, 0.15) is 55.1 Å². The highest BCUT2D eigenvalue weighted by Crippen LogP contribution is 2.38. The molecule has 2 unspecified atom stereocenters. The molecule has 4 heteroatoms. The Morgan fingerprint density at radius 1 is 1.10 bits per heavy atom. The Hall–Kier alpha value is -2.69. The summed E-state index contributed by atoms with van der Waals surface area (Å²) in [5.74, 6) is -2.35. The molecule has 0 bridgehead atoms. The number of carbonyl (C=O) groups excluding carboxylic acids is 1. The first-order valence-corrected chi connectivity index (χ1v) is 9.92. The van der Waals surface area contributed by atoms with Gasteiger partial charge in [-0.2, -0.15) is 0 Å². The Morgan fingerprint density at radius 3 is 2.52 bits per heavy atom. The summed E-state index contributed by atoms with van der Waals surface area (Å²) >= 11 is 0. The summed E-state index contributed by atoms with van der Waals surface area (Å²) in [7, 11) is 0. The van der Waals surface area contributed by atoms with Gasteiger partial charge in [-0.25, -0.2) is 0 Å². The number of aliphatic hydroxyl groups is 2. The van der Waals surface area contributed by atoms with Gasteiger partial charge in [0.15, 0.2) is 6.10 Å². The van der Waals surface area contributed by atoms with Crippen molar-refractivity contribution in [1.29, 1.82) is 0 Å². The van der Waals surface area contributed by atoms with Gasteiger partial charge in [-0.3, -0.25) is 4.79 Å². The van der Waals surface area contributed by atoms with Gasteiger partial charge in [-0.05, 0) is 57.7 Å². The van der Waals surface area contributed by atoms with E-state index in [2.05, 4.69) is 32.9 Å². The van der Waals surface area contributed by atoms with E-state index in [1.54, 1.807) is 42.5 Å². The van der Waals surface area contributed by atoms with E-state index in [1.807, 2.05) is 6.07 Å². The van der Waals surface area contributed by atoms with Gasteiger partial charge < -0.3 is 14.9 Å². The fraction of sp³-hybridized carbons (Fsp3) is 0.320. The van der Waals surface area contributed by atoms with Gasteiger partial charge in [0, 0.05) is 5.56 Å². The summed E-state index contributed by atoms with van der Waals surface area (Å²) < 4.78 is 5.71. The second-order valence-corrected chi connectivity index (χ2v) is 7.84. The number of rotatable bonds is 6. The molecule has 0 fully saturated rings. The first-order valence-electron chi connectivity index (χ1n) is 9.92. The zero-order valence-corrected chi connectivity index (χ0v) is 17.2. The molecule has 1 aliphatic rings. The molecule has 2 aromatic carbocycles. The predicted octanol–water partition coefficient (Wildman–Crippen LogP) is 4.70. The van der Waals surface area contributed by atoms with Gasteiger partial charge >= 0.3 is 0 Å². The molecule has 4 nitrogen and oxygen atoms in total. The van der Waals surface area contributed by atoms with Crippen LogP contribution in [0.4, 0.5) is 0 Å². The molecule has 29 heavy (non-hydrogen) atoms. The van der Waals surface area contributed by atoms with Crippen molar-refractivity contribution in [2.75, 3.05) is 0 Å². The van der Waals surface area contributed by atoms with E-state index in [4.69, 9.17) is 4.74 Å². The van der Waals surface area contributed by atoms with Gasteiger partial charge in [0.2, 0.25) is 5.78 Å². The lowest BCUT2D eigenvalue weighted by atomic mass is 9.89. The van der Waals surface area contributed by atoms with E-state index in [0.717, 1.165) is 18.4 Å². The lowest BCUT2D eigenvalue weighted by Gasteiger charge is -2.37. The molecule has 2 atom stereocenters. The second kappa shape index (κ2) is 8.76. The fourth-order valence-corrected chi connectivity index (χ4v) is 3.41. The molecule has 3 rings (SSSR count). The SMILES string of the molecule is CC(C)=CCCC(C)=CCc1ccc2c(c1)C(=O)C(O)C(O)(c1ccccc1)O2. The van der Waals surface area contributed by atoms with Crippen molar-refractivity contribution in [2.45, 2.75) is 51.9 Å². The van der Waals surface area contributed by atoms with E-state index in [0.29, 0.717) is 17.5 Å². The number of ketones is 1. The van der Waals surface area contributed by atoms with Gasteiger partial charge in [0.25, 0.3) is 5.79 Å². The van der Waals surface area contributed by atoms with E-state index < -0.39 is 17.7 Å². The maximum Gasteiger partial charge on any atom is 0.268 e. The summed E-state index contributed by atoms with van der Waals surface area (Å²) in [5.41, 5.74) is 4.21. The topological polar surface area (TPSA) is 66.8 Å². The molecule has 0 saturated heterocycles. The monoisotopic (exact) mass is 392 g/mol. The lowest BCUT2D eigenvalue weighted by molar-refractivity contribution is -0.203. The van der Waals surface area contributed by atoms with E-state index in [-0.39, 0.29) is 5.75 Å². The quantitative estimate of drug-likeness (QED) is 0.699. The van der Waals surface area contributed by atoms with E-state index in [9.17, 15) is 15.0 Å². The van der Waals surface area contributed by atoms with Crippen molar-refractivity contribution in [3.05, 3.63) is 88.5 Å². The van der Waals surface area contributed by atoms with Crippen LogP contribution in [0.15, 0.2) is 71.8 Å². The zero-order chi connectivity index (χ0) is 21.0. The van der Waals surface area contributed by atoms with Crippen molar-refractivity contribution >= 4 is 5.78 Å². The van der Waals surface area contributed by atoms with Gasteiger partial charge in [0.1, 0.15) is 5.75 Å². The molecule has 0 amide bonds. The number of ether oxygens (including phenoxy) is 1. The van der Waals surface area contributed by atoms with E-state index in [1.165, 1.54) is 11.1 Å². The van der Waals surface area contributed by atoms with Gasteiger partial charge in [-0.1, -0.05) is 59.7 Å². The highest BCUT2D eigenvalue weighted by atomic mass is 16.6. The summed E-state index contributed by atoms with van der Waals surface area (Å²) in [6, 6.07) is 13.8. The van der Waals surface area contributed by atoms with Crippen LogP contribution in [-0.2, 0) is 12.2 Å². The third kappa shape index (κ3) is 4.66. The van der Waals surface area contributed by atoms with Gasteiger partial charge in [0.05, 0.1) is 5.56 Å². The predicted molar refractivity (Wildman–Crippen MR) is 114 cm³/mol. The molecule has 1 aliphatic heterocycles. The summed E-state index contributed by atoms with van der Waals surface area (Å²) in [6.45, 7) is 6.30. The number of allylic oxidation sites excluding steroid dienone is 4. The molecule has 0 radical (unpaired) electrons. The molecule has 0 spiro atoms. The molecule has 0 aliphatic carbocycles. The number of hydrogen-bond acceptors (Lipinski definition) is 4. The second-order valence-electron chi connectivity index (χ2n) is 7.84. The molecule has 2 aromatic rings. The summed E-state index contributed by atoms with van der Waals surface area (Å²) in [6.07, 6.45) is 5.41. The van der Waals surface area contributed by atoms with Crippen LogP contribution < -0.4 is 4.74 Å². The standard InChI is InChI=1S/C25H28O4/c1-17(2)8-7-9-18(3)12-13-19-14-15-22-21(16-19)23(26)24(27)25(28,29-22)20-10-5-4-6-11-20/h4-6,8,10-12,14-16,24,27-28H,7,9,13H2,1-3H3. The molecular formula is C25H28O4. The van der Waals surface area contributed by atoms with E-state index >= 15 is 0 Å².